The normalized spacial score (nSPS) is 17.4. The standard InChI is InChI=1S/C24H22Cl3F3N6O2/c1-14(28)24(38,18-4-2-15(25)6-19(18)26)22(36-13-32-11-34-36)8-21(30)23(37,9-35-12-31-10-33-35)17-5-3-16(29)7-20(17)27/h2-7,10-14,21-22,37-38H,8-9H2,1H3. The van der Waals surface area contributed by atoms with Gasteiger partial charge in [-0.05, 0) is 31.2 Å². The van der Waals surface area contributed by atoms with E-state index in [0.717, 1.165) is 40.8 Å². The summed E-state index contributed by atoms with van der Waals surface area (Å²) in [6.07, 6.45) is -0.240. The Morgan fingerprint density at radius 2 is 1.58 bits per heavy atom. The van der Waals surface area contributed by atoms with Gasteiger partial charge in [0.1, 0.15) is 54.7 Å². The Morgan fingerprint density at radius 3 is 2.16 bits per heavy atom. The molecule has 202 valence electrons. The quantitative estimate of drug-likeness (QED) is 0.268. The van der Waals surface area contributed by atoms with Crippen molar-refractivity contribution < 1.29 is 23.4 Å². The second kappa shape index (κ2) is 11.2. The summed E-state index contributed by atoms with van der Waals surface area (Å²) in [5, 5.41) is 31.5. The molecule has 2 aromatic carbocycles. The molecule has 0 fully saturated rings. The van der Waals surface area contributed by atoms with Crippen LogP contribution in [-0.2, 0) is 17.7 Å². The number of nitrogens with zero attached hydrogens (tertiary/aromatic N) is 6. The van der Waals surface area contributed by atoms with E-state index in [9.17, 15) is 14.6 Å². The van der Waals surface area contributed by atoms with Crippen molar-refractivity contribution in [3.8, 4) is 0 Å². The van der Waals surface area contributed by atoms with Crippen molar-refractivity contribution in [2.24, 2.45) is 0 Å². The fourth-order valence-electron chi connectivity index (χ4n) is 4.49. The molecule has 0 saturated heterocycles. The Labute approximate surface area is 230 Å². The highest BCUT2D eigenvalue weighted by Crippen LogP contribution is 2.46. The minimum atomic E-state index is -2.46. The Bertz CT molecular complexity index is 1380. The Hall–Kier alpha value is -2.70. The lowest BCUT2D eigenvalue weighted by Crippen LogP contribution is -2.49. The Balaban J connectivity index is 1.84. The van der Waals surface area contributed by atoms with Crippen LogP contribution in [0.5, 0.6) is 0 Å². The first-order chi connectivity index (χ1) is 18.0. The first-order valence-corrected chi connectivity index (χ1v) is 12.4. The highest BCUT2D eigenvalue weighted by atomic mass is 35.5. The SMILES string of the molecule is CC(F)C(O)(c1ccc(Cl)cc1Cl)C(CC(F)C(O)(Cn1cncn1)c1ccc(F)cc1Cl)n1cncn1. The van der Waals surface area contributed by atoms with Gasteiger partial charge in [-0.15, -0.1) is 0 Å². The van der Waals surface area contributed by atoms with Crippen molar-refractivity contribution in [1.82, 2.24) is 29.5 Å². The summed E-state index contributed by atoms with van der Waals surface area (Å²) in [7, 11) is 0. The summed E-state index contributed by atoms with van der Waals surface area (Å²) in [6.45, 7) is 0.593. The number of alkyl halides is 2. The topological polar surface area (TPSA) is 102 Å². The van der Waals surface area contributed by atoms with Crippen LogP contribution in [0.25, 0.3) is 0 Å². The molecule has 5 unspecified atom stereocenters. The van der Waals surface area contributed by atoms with E-state index in [4.69, 9.17) is 34.8 Å². The van der Waals surface area contributed by atoms with Gasteiger partial charge in [0.15, 0.2) is 0 Å². The predicted molar refractivity (Wildman–Crippen MR) is 135 cm³/mol. The molecule has 2 heterocycles. The summed E-state index contributed by atoms with van der Waals surface area (Å²) in [6, 6.07) is 5.65. The molecule has 0 radical (unpaired) electrons. The van der Waals surface area contributed by atoms with E-state index < -0.39 is 48.4 Å². The second-order valence-corrected chi connectivity index (χ2v) is 10.1. The van der Waals surface area contributed by atoms with Crippen molar-refractivity contribution in [3.05, 3.63) is 93.7 Å². The number of benzene rings is 2. The third kappa shape index (κ3) is 5.39. The van der Waals surface area contributed by atoms with E-state index in [0.29, 0.717) is 0 Å². The van der Waals surface area contributed by atoms with Crippen LogP contribution in [0.15, 0.2) is 61.7 Å². The first kappa shape index (κ1) is 28.3. The molecule has 2 N–H and O–H groups in total. The fraction of sp³-hybridized carbons (Fsp3) is 0.333. The molecule has 0 bridgehead atoms. The minimum absolute atomic E-state index is 0.0653. The summed E-state index contributed by atoms with van der Waals surface area (Å²) in [5.41, 5.74) is -5.12. The van der Waals surface area contributed by atoms with Gasteiger partial charge in [-0.2, -0.15) is 10.2 Å². The zero-order chi connectivity index (χ0) is 27.7. The monoisotopic (exact) mass is 588 g/mol. The van der Waals surface area contributed by atoms with Crippen LogP contribution in [-0.4, -0.2) is 52.1 Å². The van der Waals surface area contributed by atoms with Crippen LogP contribution < -0.4 is 0 Å². The van der Waals surface area contributed by atoms with Gasteiger partial charge in [0.05, 0.1) is 12.6 Å². The van der Waals surface area contributed by atoms with Gasteiger partial charge >= 0.3 is 0 Å². The lowest BCUT2D eigenvalue weighted by atomic mass is 9.77. The molecule has 0 saturated carbocycles. The van der Waals surface area contributed by atoms with Gasteiger partial charge in [0.2, 0.25) is 0 Å². The number of rotatable bonds is 10. The average molecular weight is 590 g/mol. The van der Waals surface area contributed by atoms with Gasteiger partial charge < -0.3 is 10.2 Å². The lowest BCUT2D eigenvalue weighted by molar-refractivity contribution is -0.113. The molecule has 0 aliphatic heterocycles. The zero-order valence-corrected chi connectivity index (χ0v) is 22.0. The number of hydrogen-bond donors (Lipinski definition) is 2. The molecule has 0 aliphatic rings. The molecule has 5 atom stereocenters. The maximum atomic E-state index is 16.5. The molecule has 4 aromatic rings. The molecule has 4 rings (SSSR count). The highest BCUT2D eigenvalue weighted by Gasteiger charge is 2.51. The second-order valence-electron chi connectivity index (χ2n) is 8.80. The summed E-state index contributed by atoms with van der Waals surface area (Å²) in [5.74, 6) is -0.698. The highest BCUT2D eigenvalue weighted by molar-refractivity contribution is 6.35. The van der Waals surface area contributed by atoms with Gasteiger partial charge in [-0.25, -0.2) is 32.5 Å². The minimum Gasteiger partial charge on any atom is -0.380 e. The van der Waals surface area contributed by atoms with Crippen molar-refractivity contribution in [2.75, 3.05) is 0 Å². The molecule has 38 heavy (non-hydrogen) atoms. The Kier molecular flexibility index (Phi) is 8.34. The third-order valence-corrected chi connectivity index (χ3v) is 7.31. The number of aliphatic hydroxyl groups is 2. The van der Waals surface area contributed by atoms with Crippen molar-refractivity contribution >= 4 is 34.8 Å². The summed E-state index contributed by atoms with van der Waals surface area (Å²) >= 11 is 18.6. The summed E-state index contributed by atoms with van der Waals surface area (Å²) in [4.78, 5) is 7.66. The van der Waals surface area contributed by atoms with Crippen LogP contribution in [0.2, 0.25) is 15.1 Å². The van der Waals surface area contributed by atoms with Gasteiger partial charge in [0, 0.05) is 32.6 Å². The van der Waals surface area contributed by atoms with Crippen LogP contribution in [0.1, 0.15) is 30.5 Å². The molecule has 0 spiro atoms. The smallest absolute Gasteiger partial charge is 0.144 e. The van der Waals surface area contributed by atoms with E-state index in [2.05, 4.69) is 20.2 Å². The molecular formula is C24H22Cl3F3N6O2. The van der Waals surface area contributed by atoms with Crippen molar-refractivity contribution in [2.45, 2.75) is 49.5 Å². The van der Waals surface area contributed by atoms with E-state index in [1.165, 1.54) is 37.2 Å². The molecule has 8 nitrogen and oxygen atoms in total. The zero-order valence-electron chi connectivity index (χ0n) is 19.8. The Morgan fingerprint density at radius 1 is 0.921 bits per heavy atom. The average Bonchev–Trinajstić information content (AvgIpc) is 3.56. The fourth-order valence-corrected chi connectivity index (χ4v) is 5.38. The van der Waals surface area contributed by atoms with Gasteiger partial charge in [0.25, 0.3) is 0 Å². The third-order valence-electron chi connectivity index (χ3n) is 6.45. The molecule has 14 heteroatoms. The van der Waals surface area contributed by atoms with Gasteiger partial charge in [-0.1, -0.05) is 46.9 Å². The maximum Gasteiger partial charge on any atom is 0.144 e. The molecule has 0 amide bonds. The maximum absolute atomic E-state index is 16.5. The van der Waals surface area contributed by atoms with E-state index in [-0.39, 0.29) is 26.2 Å². The van der Waals surface area contributed by atoms with E-state index in [1.54, 1.807) is 0 Å². The van der Waals surface area contributed by atoms with Gasteiger partial charge in [-0.3, -0.25) is 0 Å². The largest absolute Gasteiger partial charge is 0.380 e. The van der Waals surface area contributed by atoms with Crippen LogP contribution in [0.3, 0.4) is 0 Å². The van der Waals surface area contributed by atoms with E-state index >= 15 is 8.78 Å². The molecular weight excluding hydrogens is 568 g/mol. The van der Waals surface area contributed by atoms with Crippen molar-refractivity contribution in [3.63, 3.8) is 0 Å². The van der Waals surface area contributed by atoms with E-state index in [1.807, 2.05) is 0 Å². The number of halogens is 6. The number of aromatic nitrogens is 6. The van der Waals surface area contributed by atoms with Crippen LogP contribution >= 0.6 is 34.8 Å². The lowest BCUT2D eigenvalue weighted by Gasteiger charge is -2.41. The van der Waals surface area contributed by atoms with Crippen LogP contribution in [0.4, 0.5) is 13.2 Å². The summed E-state index contributed by atoms with van der Waals surface area (Å²) < 4.78 is 47.9. The molecule has 0 aliphatic carbocycles. The van der Waals surface area contributed by atoms with Crippen LogP contribution in [0, 0.1) is 5.82 Å². The predicted octanol–water partition coefficient (Wildman–Crippen LogP) is 5.07. The van der Waals surface area contributed by atoms with Crippen molar-refractivity contribution in [1.29, 1.82) is 0 Å². The first-order valence-electron chi connectivity index (χ1n) is 11.3. The number of hydrogen-bond acceptors (Lipinski definition) is 6. The molecule has 2 aromatic heterocycles.